The molecule has 0 N–H and O–H groups in total. The molecule has 4 unspecified atom stereocenters. The standard InChI is InChI=1S/C20H32O5/c1-13(12-23-17-6-5-16(21)24-17)14-7-8-18(2)11-15-19(3,22-4)9-10-20(14,18)25-15/h13-15,17H,5-12H2,1-4H3/t13?,14-,15?,17?,18-,19+,20?/m1/s1. The number of methoxy groups -OCH3 is 1. The Bertz CT molecular complexity index is 550. The van der Waals surface area contributed by atoms with Crippen LogP contribution in [0.5, 0.6) is 0 Å². The molecule has 5 heteroatoms. The maximum absolute atomic E-state index is 11.2. The minimum atomic E-state index is -0.347. The minimum Gasteiger partial charge on any atom is -0.436 e. The number of rotatable bonds is 5. The van der Waals surface area contributed by atoms with Crippen molar-refractivity contribution in [2.45, 2.75) is 89.3 Å². The fourth-order valence-corrected chi connectivity index (χ4v) is 6.03. The van der Waals surface area contributed by atoms with E-state index in [-0.39, 0.29) is 35.0 Å². The number of ether oxygens (including phenoxy) is 4. The maximum Gasteiger partial charge on any atom is 0.308 e. The summed E-state index contributed by atoms with van der Waals surface area (Å²) >= 11 is 0. The summed E-state index contributed by atoms with van der Waals surface area (Å²) in [6, 6.07) is 0. The van der Waals surface area contributed by atoms with Crippen LogP contribution in [0.2, 0.25) is 0 Å². The summed E-state index contributed by atoms with van der Waals surface area (Å²) in [5.74, 6) is 0.755. The minimum absolute atomic E-state index is 0.0369. The topological polar surface area (TPSA) is 54.0 Å². The van der Waals surface area contributed by atoms with E-state index in [0.717, 1.165) is 19.3 Å². The number of hydrogen-bond acceptors (Lipinski definition) is 5. The normalized spacial score (nSPS) is 49.9. The highest BCUT2D eigenvalue weighted by molar-refractivity contribution is 5.71. The summed E-state index contributed by atoms with van der Waals surface area (Å²) in [6.45, 7) is 7.52. The van der Waals surface area contributed by atoms with Gasteiger partial charge in [-0.25, -0.2) is 0 Å². The summed E-state index contributed by atoms with van der Waals surface area (Å²) in [5, 5.41) is 0. The highest BCUT2D eigenvalue weighted by atomic mass is 16.7. The van der Waals surface area contributed by atoms with Gasteiger partial charge in [0, 0.05) is 13.5 Å². The lowest BCUT2D eigenvalue weighted by molar-refractivity contribution is -0.217. The van der Waals surface area contributed by atoms with Gasteiger partial charge in [-0.1, -0.05) is 13.8 Å². The first-order valence-electron chi connectivity index (χ1n) is 9.86. The van der Waals surface area contributed by atoms with Crippen LogP contribution in [-0.4, -0.2) is 43.3 Å². The van der Waals surface area contributed by atoms with E-state index in [1.807, 2.05) is 7.11 Å². The molecule has 1 spiro atoms. The van der Waals surface area contributed by atoms with E-state index < -0.39 is 0 Å². The molecule has 0 aromatic carbocycles. The van der Waals surface area contributed by atoms with Crippen LogP contribution in [0.15, 0.2) is 0 Å². The fraction of sp³-hybridized carbons (Fsp3) is 0.950. The molecule has 0 aromatic rings. The number of hydrogen-bond donors (Lipinski definition) is 0. The number of carbonyl (C=O) groups excluding carboxylic acids is 1. The fourth-order valence-electron chi connectivity index (χ4n) is 6.03. The van der Waals surface area contributed by atoms with Crippen molar-refractivity contribution < 1.29 is 23.7 Å². The Morgan fingerprint density at radius 1 is 1.24 bits per heavy atom. The van der Waals surface area contributed by atoms with Crippen LogP contribution in [0, 0.1) is 17.3 Å². The lowest BCUT2D eigenvalue weighted by Gasteiger charge is -2.48. The van der Waals surface area contributed by atoms with Crippen molar-refractivity contribution in [3.05, 3.63) is 0 Å². The van der Waals surface area contributed by atoms with E-state index in [9.17, 15) is 4.79 Å². The van der Waals surface area contributed by atoms with Gasteiger partial charge in [0.15, 0.2) is 0 Å². The van der Waals surface area contributed by atoms with E-state index >= 15 is 0 Å². The summed E-state index contributed by atoms with van der Waals surface area (Å²) in [5.41, 5.74) is 0.0540. The first-order valence-corrected chi connectivity index (χ1v) is 9.86. The molecule has 3 heterocycles. The summed E-state index contributed by atoms with van der Waals surface area (Å²) in [6.07, 6.45) is 6.66. The molecule has 0 radical (unpaired) electrons. The Labute approximate surface area is 150 Å². The molecule has 1 aliphatic carbocycles. The van der Waals surface area contributed by atoms with Gasteiger partial charge < -0.3 is 18.9 Å². The summed E-state index contributed by atoms with van der Waals surface area (Å²) < 4.78 is 23.7. The van der Waals surface area contributed by atoms with Crippen molar-refractivity contribution >= 4 is 5.97 Å². The van der Waals surface area contributed by atoms with Gasteiger partial charge in [-0.3, -0.25) is 4.79 Å². The average molecular weight is 352 g/mol. The highest BCUT2D eigenvalue weighted by Gasteiger charge is 2.69. The molecule has 1 saturated carbocycles. The molecule has 0 aromatic heterocycles. The number of esters is 1. The number of fused-ring (bicyclic) bond motifs is 1. The Kier molecular flexibility index (Phi) is 4.21. The second-order valence-corrected chi connectivity index (χ2v) is 9.19. The van der Waals surface area contributed by atoms with Crippen LogP contribution in [0.4, 0.5) is 0 Å². The van der Waals surface area contributed by atoms with Gasteiger partial charge in [-0.15, -0.1) is 0 Å². The molecular formula is C20H32O5. The van der Waals surface area contributed by atoms with Crippen LogP contribution in [-0.2, 0) is 23.7 Å². The van der Waals surface area contributed by atoms with E-state index in [1.165, 1.54) is 12.8 Å². The summed E-state index contributed by atoms with van der Waals surface area (Å²) in [7, 11) is 1.81. The molecule has 4 aliphatic rings. The molecule has 4 rings (SSSR count). The van der Waals surface area contributed by atoms with Crippen LogP contribution in [0.3, 0.4) is 0 Å². The zero-order valence-electron chi connectivity index (χ0n) is 16.0. The monoisotopic (exact) mass is 352 g/mol. The molecule has 5 nitrogen and oxygen atoms in total. The van der Waals surface area contributed by atoms with Crippen LogP contribution >= 0.6 is 0 Å². The van der Waals surface area contributed by atoms with E-state index in [4.69, 9.17) is 18.9 Å². The van der Waals surface area contributed by atoms with Crippen LogP contribution in [0.25, 0.3) is 0 Å². The third-order valence-electron chi connectivity index (χ3n) is 7.84. The van der Waals surface area contributed by atoms with Crippen molar-refractivity contribution in [1.29, 1.82) is 0 Å². The maximum atomic E-state index is 11.2. The van der Waals surface area contributed by atoms with E-state index in [1.54, 1.807) is 0 Å². The first-order chi connectivity index (χ1) is 11.8. The zero-order valence-corrected chi connectivity index (χ0v) is 16.0. The Morgan fingerprint density at radius 2 is 2.04 bits per heavy atom. The predicted molar refractivity (Wildman–Crippen MR) is 91.9 cm³/mol. The van der Waals surface area contributed by atoms with Crippen molar-refractivity contribution in [2.24, 2.45) is 17.3 Å². The van der Waals surface area contributed by atoms with Crippen molar-refractivity contribution in [2.75, 3.05) is 13.7 Å². The molecule has 4 fully saturated rings. The van der Waals surface area contributed by atoms with Crippen molar-refractivity contribution in [1.82, 2.24) is 0 Å². The Balaban J connectivity index is 1.46. The quantitative estimate of drug-likeness (QED) is 0.710. The Morgan fingerprint density at radius 3 is 2.72 bits per heavy atom. The largest absolute Gasteiger partial charge is 0.436 e. The second kappa shape index (κ2) is 5.93. The molecular weight excluding hydrogens is 320 g/mol. The molecule has 3 saturated heterocycles. The van der Waals surface area contributed by atoms with Gasteiger partial charge in [0.2, 0.25) is 6.29 Å². The molecule has 25 heavy (non-hydrogen) atoms. The summed E-state index contributed by atoms with van der Waals surface area (Å²) in [4.78, 5) is 11.2. The SMILES string of the molecule is CO[C@@]1(C)CCC23OC1C[C@@]2(C)CC[C@@H]3C(C)COC1CCC(=O)O1. The van der Waals surface area contributed by atoms with Gasteiger partial charge in [0.25, 0.3) is 0 Å². The van der Waals surface area contributed by atoms with Crippen molar-refractivity contribution in [3.8, 4) is 0 Å². The van der Waals surface area contributed by atoms with Crippen LogP contribution < -0.4 is 0 Å². The van der Waals surface area contributed by atoms with Gasteiger partial charge in [0.05, 0.1) is 30.3 Å². The zero-order chi connectivity index (χ0) is 17.9. The van der Waals surface area contributed by atoms with E-state index in [2.05, 4.69) is 20.8 Å². The van der Waals surface area contributed by atoms with Gasteiger partial charge in [0.1, 0.15) is 0 Å². The van der Waals surface area contributed by atoms with Crippen molar-refractivity contribution in [3.63, 3.8) is 0 Å². The molecule has 142 valence electrons. The smallest absolute Gasteiger partial charge is 0.308 e. The average Bonchev–Trinajstić information content (AvgIpc) is 3.18. The van der Waals surface area contributed by atoms with Gasteiger partial charge in [-0.2, -0.15) is 0 Å². The van der Waals surface area contributed by atoms with Crippen LogP contribution in [0.1, 0.15) is 65.7 Å². The molecule has 3 aliphatic heterocycles. The van der Waals surface area contributed by atoms with E-state index in [0.29, 0.717) is 31.3 Å². The van der Waals surface area contributed by atoms with Gasteiger partial charge in [-0.05, 0) is 56.3 Å². The third-order valence-corrected chi connectivity index (χ3v) is 7.84. The number of carbonyl (C=O) groups is 1. The lowest BCUT2D eigenvalue weighted by Crippen LogP contribution is -2.54. The third kappa shape index (κ3) is 2.57. The predicted octanol–water partition coefficient (Wildman–Crippen LogP) is 3.45. The Hall–Kier alpha value is -0.650. The second-order valence-electron chi connectivity index (χ2n) is 9.19. The number of cyclic esters (lactones) is 1. The first kappa shape index (κ1) is 17.7. The molecule has 2 bridgehead atoms. The molecule has 0 amide bonds. The lowest BCUT2D eigenvalue weighted by atomic mass is 9.68. The van der Waals surface area contributed by atoms with Gasteiger partial charge >= 0.3 is 5.97 Å². The highest BCUT2D eigenvalue weighted by Crippen LogP contribution is 2.67. The molecule has 7 atom stereocenters.